The molecule has 0 saturated heterocycles. The number of aromatic nitrogens is 2. The van der Waals surface area contributed by atoms with E-state index in [0.29, 0.717) is 0 Å². The number of H-pyrrole nitrogens is 2. The highest BCUT2D eigenvalue weighted by atomic mass is 32.1. The van der Waals surface area contributed by atoms with Gasteiger partial charge >= 0.3 is 0 Å². The van der Waals surface area contributed by atoms with Crippen LogP contribution in [0.2, 0.25) is 0 Å². The van der Waals surface area contributed by atoms with Crippen LogP contribution in [0.25, 0.3) is 0 Å². The third-order valence-electron chi connectivity index (χ3n) is 3.76. The van der Waals surface area contributed by atoms with Crippen molar-refractivity contribution in [2.75, 3.05) is 0 Å². The highest BCUT2D eigenvalue weighted by Gasteiger charge is 2.19. The van der Waals surface area contributed by atoms with Gasteiger partial charge in [-0.15, -0.1) is 11.3 Å². The molecule has 0 radical (unpaired) electrons. The van der Waals surface area contributed by atoms with Crippen LogP contribution in [0.1, 0.15) is 27.6 Å². The number of aryl methyl sites for hydroxylation is 1. The molecule has 25 heavy (non-hydrogen) atoms. The van der Waals surface area contributed by atoms with Crippen molar-refractivity contribution >= 4 is 17.2 Å². The van der Waals surface area contributed by atoms with Crippen LogP contribution in [-0.2, 0) is 11.2 Å². The lowest BCUT2D eigenvalue weighted by atomic mass is 10.0. The molecule has 128 valence electrons. The van der Waals surface area contributed by atoms with Crippen molar-refractivity contribution in [1.29, 1.82) is 0 Å². The van der Waals surface area contributed by atoms with E-state index in [0.717, 1.165) is 22.1 Å². The van der Waals surface area contributed by atoms with E-state index < -0.39 is 11.1 Å². The fourth-order valence-electron chi connectivity index (χ4n) is 2.60. The number of aromatic amines is 2. The predicted octanol–water partition coefficient (Wildman–Crippen LogP) is 1.88. The molecule has 0 aliphatic heterocycles. The van der Waals surface area contributed by atoms with Gasteiger partial charge in [-0.2, -0.15) is 0 Å². The van der Waals surface area contributed by atoms with E-state index in [9.17, 15) is 14.4 Å². The Labute approximate surface area is 147 Å². The summed E-state index contributed by atoms with van der Waals surface area (Å²) in [7, 11) is 0. The van der Waals surface area contributed by atoms with E-state index in [4.69, 9.17) is 0 Å². The number of rotatable bonds is 5. The number of carbonyl (C=O) groups is 1. The normalized spacial score (nSPS) is 11.9. The molecule has 3 aromatic rings. The van der Waals surface area contributed by atoms with E-state index in [1.807, 2.05) is 48.7 Å². The average molecular weight is 355 g/mol. The quantitative estimate of drug-likeness (QED) is 0.652. The van der Waals surface area contributed by atoms with E-state index in [2.05, 4.69) is 15.5 Å². The lowest BCUT2D eigenvalue weighted by Gasteiger charge is -2.18. The minimum Gasteiger partial charge on any atom is -0.344 e. The molecule has 0 fully saturated rings. The maximum absolute atomic E-state index is 12.5. The first-order valence-corrected chi connectivity index (χ1v) is 8.61. The second-order valence-corrected chi connectivity index (χ2v) is 6.70. The van der Waals surface area contributed by atoms with Crippen LogP contribution in [-0.4, -0.2) is 16.1 Å². The zero-order chi connectivity index (χ0) is 17.8. The van der Waals surface area contributed by atoms with Crippen LogP contribution in [0.15, 0.2) is 57.4 Å². The summed E-state index contributed by atoms with van der Waals surface area (Å²) in [6.07, 6.45) is -0.160. The van der Waals surface area contributed by atoms with Crippen molar-refractivity contribution in [3.63, 3.8) is 0 Å². The number of amides is 1. The number of nitrogens with one attached hydrogen (secondary N) is 3. The number of hydrogen-bond acceptors (Lipinski definition) is 4. The molecule has 0 spiro atoms. The molecule has 0 aliphatic rings. The summed E-state index contributed by atoms with van der Waals surface area (Å²) in [6.45, 7) is 1.99. The van der Waals surface area contributed by atoms with Crippen LogP contribution in [0.3, 0.4) is 0 Å². The zero-order valence-corrected chi connectivity index (χ0v) is 14.4. The maximum atomic E-state index is 12.5. The SMILES string of the molecule is Cc1cccc([C@@H](NC(=O)Cc2cc(=O)[nH][nH]c2=O)c2cccs2)c1. The number of carbonyl (C=O) groups excluding carboxylic acids is 1. The second-order valence-electron chi connectivity index (χ2n) is 5.72. The van der Waals surface area contributed by atoms with Gasteiger partial charge in [-0.05, 0) is 23.9 Å². The van der Waals surface area contributed by atoms with Gasteiger partial charge in [0.05, 0.1) is 12.5 Å². The van der Waals surface area contributed by atoms with Crippen LogP contribution in [0, 0.1) is 6.92 Å². The van der Waals surface area contributed by atoms with Crippen LogP contribution < -0.4 is 16.4 Å². The Morgan fingerprint density at radius 1 is 1.16 bits per heavy atom. The molecule has 7 heteroatoms. The third kappa shape index (κ3) is 4.13. The van der Waals surface area contributed by atoms with E-state index in [1.165, 1.54) is 0 Å². The molecule has 0 unspecified atom stereocenters. The fourth-order valence-corrected chi connectivity index (χ4v) is 3.40. The minimum atomic E-state index is -0.474. The topological polar surface area (TPSA) is 94.8 Å². The molecule has 1 aromatic carbocycles. The lowest BCUT2D eigenvalue weighted by molar-refractivity contribution is -0.120. The molecule has 1 amide bonds. The second kappa shape index (κ2) is 7.31. The van der Waals surface area contributed by atoms with E-state index in [-0.39, 0.29) is 23.9 Å². The molecule has 2 heterocycles. The maximum Gasteiger partial charge on any atom is 0.266 e. The average Bonchev–Trinajstić information content (AvgIpc) is 3.10. The van der Waals surface area contributed by atoms with Gasteiger partial charge in [-0.1, -0.05) is 35.9 Å². The molecule has 2 aromatic heterocycles. The molecule has 3 N–H and O–H groups in total. The first kappa shape index (κ1) is 16.9. The summed E-state index contributed by atoms with van der Waals surface area (Å²) in [4.78, 5) is 36.5. The van der Waals surface area contributed by atoms with Gasteiger partial charge in [0.2, 0.25) is 5.91 Å². The van der Waals surface area contributed by atoms with Crippen molar-refractivity contribution in [1.82, 2.24) is 15.5 Å². The van der Waals surface area contributed by atoms with E-state index in [1.54, 1.807) is 11.3 Å². The molecular formula is C18H17N3O3S. The van der Waals surface area contributed by atoms with Crippen molar-refractivity contribution < 1.29 is 4.79 Å². The van der Waals surface area contributed by atoms with Gasteiger partial charge in [0.25, 0.3) is 11.1 Å². The van der Waals surface area contributed by atoms with E-state index >= 15 is 0 Å². The molecule has 6 nitrogen and oxygen atoms in total. The Kier molecular flexibility index (Phi) is 4.95. The zero-order valence-electron chi connectivity index (χ0n) is 13.5. The lowest BCUT2D eigenvalue weighted by Crippen LogP contribution is -2.33. The van der Waals surface area contributed by atoms with Crippen molar-refractivity contribution in [3.05, 3.63) is 90.1 Å². The Morgan fingerprint density at radius 2 is 2.00 bits per heavy atom. The smallest absolute Gasteiger partial charge is 0.266 e. The van der Waals surface area contributed by atoms with Gasteiger partial charge in [-0.25, -0.2) is 0 Å². The van der Waals surface area contributed by atoms with Crippen LogP contribution >= 0.6 is 11.3 Å². The minimum absolute atomic E-state index is 0.135. The molecule has 3 rings (SSSR count). The number of hydrogen-bond donors (Lipinski definition) is 3. The summed E-state index contributed by atoms with van der Waals surface area (Å²) >= 11 is 1.55. The molecule has 0 bridgehead atoms. The summed E-state index contributed by atoms with van der Waals surface area (Å²) in [6, 6.07) is 12.6. The Hall–Kier alpha value is -2.93. The van der Waals surface area contributed by atoms with Gasteiger partial charge in [0, 0.05) is 16.5 Å². The Bertz CT molecular complexity index is 989. The van der Waals surface area contributed by atoms with Crippen LogP contribution in [0.4, 0.5) is 0 Å². The molecule has 0 aliphatic carbocycles. The van der Waals surface area contributed by atoms with Crippen LogP contribution in [0.5, 0.6) is 0 Å². The summed E-state index contributed by atoms with van der Waals surface area (Å²) in [5.41, 5.74) is 1.28. The summed E-state index contributed by atoms with van der Waals surface area (Å²) in [5, 5.41) is 9.32. The largest absolute Gasteiger partial charge is 0.344 e. The van der Waals surface area contributed by atoms with Crippen molar-refractivity contribution in [3.8, 4) is 0 Å². The first-order valence-electron chi connectivity index (χ1n) is 7.73. The predicted molar refractivity (Wildman–Crippen MR) is 96.9 cm³/mol. The van der Waals surface area contributed by atoms with Gasteiger partial charge in [0.15, 0.2) is 0 Å². The molecule has 1 atom stereocenters. The summed E-state index contributed by atoms with van der Waals surface area (Å²) in [5.74, 6) is -0.323. The van der Waals surface area contributed by atoms with Gasteiger partial charge in [0.1, 0.15) is 0 Å². The van der Waals surface area contributed by atoms with Gasteiger partial charge in [-0.3, -0.25) is 24.6 Å². The third-order valence-corrected chi connectivity index (χ3v) is 4.69. The van der Waals surface area contributed by atoms with Crippen molar-refractivity contribution in [2.24, 2.45) is 0 Å². The molecule has 0 saturated carbocycles. The Balaban J connectivity index is 1.85. The van der Waals surface area contributed by atoms with Crippen molar-refractivity contribution in [2.45, 2.75) is 19.4 Å². The number of thiophene rings is 1. The van der Waals surface area contributed by atoms with Gasteiger partial charge < -0.3 is 5.32 Å². The monoisotopic (exact) mass is 355 g/mol. The highest BCUT2D eigenvalue weighted by molar-refractivity contribution is 7.10. The fraction of sp³-hybridized carbons (Fsp3) is 0.167. The standard InChI is InChI=1S/C18H17N3O3S/c1-11-4-2-5-12(8-11)17(14-6-3-7-25-14)19-15(22)9-13-10-16(23)20-21-18(13)24/h2-8,10,17H,9H2,1H3,(H,19,22)(H,20,23)(H,21,24)/t17-/m1/s1. The highest BCUT2D eigenvalue weighted by Crippen LogP contribution is 2.26. The summed E-state index contributed by atoms with van der Waals surface area (Å²) < 4.78 is 0. The number of benzene rings is 1. The Morgan fingerprint density at radius 3 is 2.72 bits per heavy atom. The first-order chi connectivity index (χ1) is 12.0. The molecular weight excluding hydrogens is 338 g/mol.